The molecule has 1 N–H and O–H groups in total. The highest BCUT2D eigenvalue weighted by Gasteiger charge is 2.29. The Morgan fingerprint density at radius 2 is 1.87 bits per heavy atom. The van der Waals surface area contributed by atoms with Crippen molar-refractivity contribution in [3.8, 4) is 22.9 Å². The number of amides is 2. The number of nitrogens with zero attached hydrogens (tertiary/aromatic N) is 3. The maximum Gasteiger partial charge on any atom is 0.321 e. The molecule has 1 atom stereocenters. The number of hydrogen-bond acceptors (Lipinski definition) is 6. The third-order valence-corrected chi connectivity index (χ3v) is 5.20. The molecule has 0 bridgehead atoms. The Balaban J connectivity index is 1.44. The lowest BCUT2D eigenvalue weighted by Gasteiger charge is -2.31. The van der Waals surface area contributed by atoms with Crippen LogP contribution >= 0.6 is 0 Å². The monoisotopic (exact) mass is 426 g/mol. The summed E-state index contributed by atoms with van der Waals surface area (Å²) in [5, 5.41) is 6.91. The summed E-state index contributed by atoms with van der Waals surface area (Å²) in [5.41, 5.74) is 1.26. The molecule has 0 saturated carbocycles. The number of aromatic nitrogens is 2. The first-order valence-corrected chi connectivity index (χ1v) is 9.94. The third-order valence-electron chi connectivity index (χ3n) is 5.20. The van der Waals surface area contributed by atoms with Crippen molar-refractivity contribution in [1.82, 2.24) is 15.0 Å². The quantitative estimate of drug-likeness (QED) is 0.654. The maximum absolute atomic E-state index is 13.1. The number of likely N-dealkylation sites (tertiary alicyclic amines) is 1. The second kappa shape index (κ2) is 9.03. The van der Waals surface area contributed by atoms with Gasteiger partial charge in [-0.2, -0.15) is 4.98 Å². The summed E-state index contributed by atoms with van der Waals surface area (Å²) in [6.45, 7) is 1.08. The van der Waals surface area contributed by atoms with Gasteiger partial charge < -0.3 is 24.2 Å². The molecule has 1 unspecified atom stereocenters. The first kappa shape index (κ1) is 20.6. The molecule has 1 aliphatic rings. The number of benzene rings is 2. The minimum Gasteiger partial charge on any atom is -0.497 e. The molecule has 1 fully saturated rings. The van der Waals surface area contributed by atoms with E-state index in [1.54, 1.807) is 49.5 Å². The number of methoxy groups -OCH3 is 2. The molecule has 0 radical (unpaired) electrons. The molecule has 4 rings (SSSR count). The number of ether oxygens (including phenoxy) is 2. The average Bonchev–Trinajstić information content (AvgIpc) is 3.29. The Hall–Kier alpha value is -3.62. The standard InChI is InChI=1S/C22H23FN4O4/c1-29-18-10-17(11-19(12-18)30-2)24-22(28)27-9-3-4-15(13-27)21-25-20(26-31-21)14-5-7-16(23)8-6-14/h5-8,10-12,15H,3-4,9,13H2,1-2H3,(H,24,28). The summed E-state index contributed by atoms with van der Waals surface area (Å²) < 4.78 is 29.1. The minimum absolute atomic E-state index is 0.0685. The molecule has 9 heteroatoms. The van der Waals surface area contributed by atoms with Gasteiger partial charge in [0.05, 0.1) is 20.1 Å². The van der Waals surface area contributed by atoms with Crippen molar-refractivity contribution in [3.63, 3.8) is 0 Å². The largest absolute Gasteiger partial charge is 0.497 e. The number of carbonyl (C=O) groups excluding carboxylic acids is 1. The molecule has 162 valence electrons. The summed E-state index contributed by atoms with van der Waals surface area (Å²) in [7, 11) is 3.11. The van der Waals surface area contributed by atoms with Crippen LogP contribution in [0.5, 0.6) is 11.5 Å². The zero-order chi connectivity index (χ0) is 21.8. The molecule has 1 aliphatic heterocycles. The van der Waals surface area contributed by atoms with Gasteiger partial charge in [-0.15, -0.1) is 0 Å². The van der Waals surface area contributed by atoms with Crippen LogP contribution < -0.4 is 14.8 Å². The summed E-state index contributed by atoms with van der Waals surface area (Å²) in [4.78, 5) is 19.0. The van der Waals surface area contributed by atoms with Crippen molar-refractivity contribution in [2.75, 3.05) is 32.6 Å². The molecule has 0 spiro atoms. The maximum atomic E-state index is 13.1. The smallest absolute Gasteiger partial charge is 0.321 e. The van der Waals surface area contributed by atoms with E-state index in [0.29, 0.717) is 47.6 Å². The van der Waals surface area contributed by atoms with Crippen LogP contribution in [0.4, 0.5) is 14.9 Å². The molecule has 1 aromatic heterocycles. The second-order valence-electron chi connectivity index (χ2n) is 7.28. The fourth-order valence-corrected chi connectivity index (χ4v) is 3.56. The molecule has 31 heavy (non-hydrogen) atoms. The fraction of sp³-hybridized carbons (Fsp3) is 0.318. The number of rotatable bonds is 5. The van der Waals surface area contributed by atoms with Gasteiger partial charge >= 0.3 is 6.03 Å². The Morgan fingerprint density at radius 1 is 1.16 bits per heavy atom. The van der Waals surface area contributed by atoms with Gasteiger partial charge in [0.25, 0.3) is 0 Å². The van der Waals surface area contributed by atoms with Gasteiger partial charge in [0.1, 0.15) is 17.3 Å². The van der Waals surface area contributed by atoms with E-state index in [4.69, 9.17) is 14.0 Å². The Kier molecular flexibility index (Phi) is 6.01. The van der Waals surface area contributed by atoms with Crippen LogP contribution in [-0.2, 0) is 0 Å². The molecule has 2 heterocycles. The number of halogens is 1. The Bertz CT molecular complexity index is 1030. The van der Waals surface area contributed by atoms with Crippen LogP contribution in [0.1, 0.15) is 24.7 Å². The lowest BCUT2D eigenvalue weighted by molar-refractivity contribution is 0.184. The van der Waals surface area contributed by atoms with E-state index in [-0.39, 0.29) is 17.8 Å². The number of carbonyl (C=O) groups is 1. The van der Waals surface area contributed by atoms with Crippen molar-refractivity contribution in [3.05, 3.63) is 54.2 Å². The summed E-state index contributed by atoms with van der Waals surface area (Å²) >= 11 is 0. The van der Waals surface area contributed by atoms with Crippen molar-refractivity contribution in [1.29, 1.82) is 0 Å². The highest BCUT2D eigenvalue weighted by Crippen LogP contribution is 2.29. The number of anilines is 1. The second-order valence-corrected chi connectivity index (χ2v) is 7.28. The topological polar surface area (TPSA) is 89.7 Å². The van der Waals surface area contributed by atoms with Crippen molar-refractivity contribution in [2.45, 2.75) is 18.8 Å². The zero-order valence-corrected chi connectivity index (χ0v) is 17.3. The average molecular weight is 426 g/mol. The number of nitrogens with one attached hydrogen (secondary N) is 1. The Labute approximate surface area is 179 Å². The Morgan fingerprint density at radius 3 is 2.55 bits per heavy atom. The lowest BCUT2D eigenvalue weighted by atomic mass is 9.98. The van der Waals surface area contributed by atoms with Gasteiger partial charge in [-0.25, -0.2) is 9.18 Å². The molecule has 8 nitrogen and oxygen atoms in total. The molecular weight excluding hydrogens is 403 g/mol. The van der Waals surface area contributed by atoms with Crippen LogP contribution in [0.15, 0.2) is 47.0 Å². The molecule has 1 saturated heterocycles. The van der Waals surface area contributed by atoms with E-state index in [1.165, 1.54) is 12.1 Å². The van der Waals surface area contributed by atoms with Gasteiger partial charge in [-0.3, -0.25) is 0 Å². The SMILES string of the molecule is COc1cc(NC(=O)N2CCCC(c3nc(-c4ccc(F)cc4)no3)C2)cc(OC)c1. The van der Waals surface area contributed by atoms with E-state index >= 15 is 0 Å². The first-order valence-electron chi connectivity index (χ1n) is 9.94. The molecular formula is C22H23FN4O4. The molecule has 2 amide bonds. The number of piperidine rings is 1. The minimum atomic E-state index is -0.324. The van der Waals surface area contributed by atoms with Crippen molar-refractivity contribution in [2.24, 2.45) is 0 Å². The van der Waals surface area contributed by atoms with Gasteiger partial charge in [0.2, 0.25) is 11.7 Å². The number of urea groups is 1. The van der Waals surface area contributed by atoms with Crippen LogP contribution in [0.2, 0.25) is 0 Å². The van der Waals surface area contributed by atoms with Crippen LogP contribution in [0.3, 0.4) is 0 Å². The number of hydrogen-bond donors (Lipinski definition) is 1. The fourth-order valence-electron chi connectivity index (χ4n) is 3.56. The van der Waals surface area contributed by atoms with E-state index in [9.17, 15) is 9.18 Å². The summed E-state index contributed by atoms with van der Waals surface area (Å²) in [5.74, 6) is 1.66. The van der Waals surface area contributed by atoms with Crippen molar-refractivity contribution < 1.29 is 23.2 Å². The van der Waals surface area contributed by atoms with Crippen molar-refractivity contribution >= 4 is 11.7 Å². The van der Waals surface area contributed by atoms with Gasteiger partial charge in [0.15, 0.2) is 0 Å². The first-order chi connectivity index (χ1) is 15.1. The third kappa shape index (κ3) is 4.76. The van der Waals surface area contributed by atoms with Gasteiger partial charge in [0, 0.05) is 42.5 Å². The van der Waals surface area contributed by atoms with E-state index < -0.39 is 0 Å². The normalized spacial score (nSPS) is 16.1. The highest BCUT2D eigenvalue weighted by atomic mass is 19.1. The summed E-state index contributed by atoms with van der Waals surface area (Å²) in [6, 6.07) is 10.9. The predicted octanol–water partition coefficient (Wildman–Crippen LogP) is 4.30. The molecule has 2 aromatic carbocycles. The van der Waals surface area contributed by atoms with Gasteiger partial charge in [-0.1, -0.05) is 5.16 Å². The summed E-state index contributed by atoms with van der Waals surface area (Å²) in [6.07, 6.45) is 1.65. The van der Waals surface area contributed by atoms with E-state index in [0.717, 1.165) is 12.8 Å². The molecule has 3 aromatic rings. The zero-order valence-electron chi connectivity index (χ0n) is 17.3. The van der Waals surface area contributed by atoms with Crippen LogP contribution in [-0.4, -0.2) is 48.4 Å². The molecule has 0 aliphatic carbocycles. The van der Waals surface area contributed by atoms with Crippen LogP contribution in [0.25, 0.3) is 11.4 Å². The van der Waals surface area contributed by atoms with E-state index in [1.807, 2.05) is 0 Å². The van der Waals surface area contributed by atoms with Gasteiger partial charge in [-0.05, 0) is 37.1 Å². The highest BCUT2D eigenvalue weighted by molar-refractivity contribution is 5.90. The lowest BCUT2D eigenvalue weighted by Crippen LogP contribution is -2.41. The van der Waals surface area contributed by atoms with E-state index in [2.05, 4.69) is 15.5 Å². The predicted molar refractivity (Wildman–Crippen MR) is 112 cm³/mol. The van der Waals surface area contributed by atoms with Crippen LogP contribution in [0, 0.1) is 5.82 Å².